The number of rotatable bonds is 2. The Bertz CT molecular complexity index is 614. The van der Waals surface area contributed by atoms with Gasteiger partial charge in [0.05, 0.1) is 0 Å². The molecule has 2 aromatic carbocycles. The van der Waals surface area contributed by atoms with Crippen LogP contribution in [0.2, 0.25) is 0 Å². The molecule has 1 nitrogen and oxygen atoms in total. The molecule has 0 atom stereocenters. The topological polar surface area (TPSA) is 17.1 Å². The Morgan fingerprint density at radius 3 is 2.22 bits per heavy atom. The lowest BCUT2D eigenvalue weighted by molar-refractivity contribution is 0.103. The summed E-state index contributed by atoms with van der Waals surface area (Å²) in [6.45, 7) is 6.04. The van der Waals surface area contributed by atoms with Crippen molar-refractivity contribution in [3.8, 4) is 0 Å². The Morgan fingerprint density at radius 1 is 0.889 bits per heavy atom. The maximum Gasteiger partial charge on any atom is 0.193 e. The van der Waals surface area contributed by atoms with Crippen LogP contribution in [0.1, 0.15) is 32.6 Å². The summed E-state index contributed by atoms with van der Waals surface area (Å²) in [7, 11) is 0. The highest BCUT2D eigenvalue weighted by molar-refractivity contribution is 9.10. The smallest absolute Gasteiger partial charge is 0.193 e. The molecule has 2 heteroatoms. The summed E-state index contributed by atoms with van der Waals surface area (Å²) in [6, 6.07) is 11.6. The van der Waals surface area contributed by atoms with Gasteiger partial charge in [-0.1, -0.05) is 34.1 Å². The molecule has 0 aliphatic rings. The van der Waals surface area contributed by atoms with E-state index in [0.717, 1.165) is 26.7 Å². The summed E-state index contributed by atoms with van der Waals surface area (Å²) >= 11 is 3.41. The molecule has 0 spiro atoms. The number of ketones is 1. The second-order valence-electron chi connectivity index (χ2n) is 4.59. The van der Waals surface area contributed by atoms with Gasteiger partial charge in [-0.15, -0.1) is 0 Å². The van der Waals surface area contributed by atoms with Crippen LogP contribution in [-0.2, 0) is 0 Å². The maximum atomic E-state index is 12.5. The van der Waals surface area contributed by atoms with E-state index >= 15 is 0 Å². The third kappa shape index (κ3) is 2.54. The fourth-order valence-corrected chi connectivity index (χ4v) is 2.24. The molecule has 0 N–H and O–H groups in total. The SMILES string of the molecule is Cc1ccc(C(=O)c2cc(Br)ccc2C)cc1C. The lowest BCUT2D eigenvalue weighted by atomic mass is 9.97. The average Bonchev–Trinajstić information content (AvgIpc) is 2.35. The van der Waals surface area contributed by atoms with Gasteiger partial charge in [0.25, 0.3) is 0 Å². The zero-order chi connectivity index (χ0) is 13.3. The van der Waals surface area contributed by atoms with Crippen LogP contribution < -0.4 is 0 Å². The molecule has 18 heavy (non-hydrogen) atoms. The average molecular weight is 303 g/mol. The lowest BCUT2D eigenvalue weighted by Gasteiger charge is -2.07. The zero-order valence-corrected chi connectivity index (χ0v) is 12.3. The van der Waals surface area contributed by atoms with Gasteiger partial charge < -0.3 is 0 Å². The van der Waals surface area contributed by atoms with E-state index in [1.807, 2.05) is 57.2 Å². The van der Waals surface area contributed by atoms with Crippen LogP contribution in [0, 0.1) is 20.8 Å². The first kappa shape index (κ1) is 13.0. The standard InChI is InChI=1S/C16H15BrO/c1-10-4-6-13(8-12(10)3)16(18)15-9-14(17)7-5-11(15)2/h4-9H,1-3H3. The number of aryl methyl sites for hydroxylation is 3. The summed E-state index contributed by atoms with van der Waals surface area (Å²) in [5.74, 6) is 0.0805. The number of benzene rings is 2. The van der Waals surface area contributed by atoms with Gasteiger partial charge in [0, 0.05) is 15.6 Å². The van der Waals surface area contributed by atoms with Crippen LogP contribution in [0.25, 0.3) is 0 Å². The van der Waals surface area contributed by atoms with Crippen LogP contribution in [0.4, 0.5) is 0 Å². The van der Waals surface area contributed by atoms with Crippen LogP contribution in [-0.4, -0.2) is 5.78 Å². The Labute approximate surface area is 116 Å². The minimum absolute atomic E-state index is 0.0805. The number of halogens is 1. The Balaban J connectivity index is 2.47. The van der Waals surface area contributed by atoms with E-state index in [9.17, 15) is 4.79 Å². The first-order chi connectivity index (χ1) is 8.49. The third-order valence-electron chi connectivity index (χ3n) is 3.21. The van der Waals surface area contributed by atoms with E-state index in [2.05, 4.69) is 15.9 Å². The van der Waals surface area contributed by atoms with E-state index in [1.54, 1.807) is 0 Å². The van der Waals surface area contributed by atoms with Crippen LogP contribution >= 0.6 is 15.9 Å². The van der Waals surface area contributed by atoms with Crippen molar-refractivity contribution < 1.29 is 4.79 Å². The van der Waals surface area contributed by atoms with Crippen LogP contribution in [0.15, 0.2) is 40.9 Å². The van der Waals surface area contributed by atoms with E-state index in [4.69, 9.17) is 0 Å². The third-order valence-corrected chi connectivity index (χ3v) is 3.71. The number of hydrogen-bond acceptors (Lipinski definition) is 1. The second kappa shape index (κ2) is 5.07. The number of carbonyl (C=O) groups is 1. The van der Waals surface area contributed by atoms with Gasteiger partial charge in [0.1, 0.15) is 0 Å². The number of carbonyl (C=O) groups excluding carboxylic acids is 1. The lowest BCUT2D eigenvalue weighted by Crippen LogP contribution is -2.04. The van der Waals surface area contributed by atoms with E-state index in [1.165, 1.54) is 5.56 Å². The highest BCUT2D eigenvalue weighted by atomic mass is 79.9. The summed E-state index contributed by atoms with van der Waals surface area (Å²) in [6.07, 6.45) is 0. The minimum Gasteiger partial charge on any atom is -0.289 e. The van der Waals surface area contributed by atoms with E-state index in [-0.39, 0.29) is 5.78 Å². The predicted octanol–water partition coefficient (Wildman–Crippen LogP) is 4.61. The van der Waals surface area contributed by atoms with Gasteiger partial charge >= 0.3 is 0 Å². The van der Waals surface area contributed by atoms with Gasteiger partial charge in [0.2, 0.25) is 0 Å². The fraction of sp³-hybridized carbons (Fsp3) is 0.188. The van der Waals surface area contributed by atoms with Crippen molar-refractivity contribution in [2.24, 2.45) is 0 Å². The minimum atomic E-state index is 0.0805. The predicted molar refractivity (Wildman–Crippen MR) is 78.2 cm³/mol. The normalized spacial score (nSPS) is 10.4. The van der Waals surface area contributed by atoms with Gasteiger partial charge in [-0.25, -0.2) is 0 Å². The van der Waals surface area contributed by atoms with Crippen molar-refractivity contribution in [1.29, 1.82) is 0 Å². The van der Waals surface area contributed by atoms with Gasteiger partial charge in [-0.2, -0.15) is 0 Å². The first-order valence-corrected chi connectivity index (χ1v) is 6.66. The van der Waals surface area contributed by atoms with Crippen molar-refractivity contribution in [3.05, 3.63) is 68.7 Å². The largest absolute Gasteiger partial charge is 0.289 e. The molecule has 0 bridgehead atoms. The molecular weight excluding hydrogens is 288 g/mol. The molecule has 0 aliphatic heterocycles. The fourth-order valence-electron chi connectivity index (χ4n) is 1.88. The van der Waals surface area contributed by atoms with E-state index in [0.29, 0.717) is 0 Å². The van der Waals surface area contributed by atoms with Crippen LogP contribution in [0.3, 0.4) is 0 Å². The summed E-state index contributed by atoms with van der Waals surface area (Å²) < 4.78 is 0.931. The molecule has 0 aliphatic carbocycles. The molecule has 0 heterocycles. The van der Waals surface area contributed by atoms with Crippen molar-refractivity contribution in [3.63, 3.8) is 0 Å². The monoisotopic (exact) mass is 302 g/mol. The van der Waals surface area contributed by atoms with Crippen LogP contribution in [0.5, 0.6) is 0 Å². The van der Waals surface area contributed by atoms with Crippen molar-refractivity contribution >= 4 is 21.7 Å². The van der Waals surface area contributed by atoms with Gasteiger partial charge in [-0.05, 0) is 55.7 Å². The maximum absolute atomic E-state index is 12.5. The molecule has 0 saturated heterocycles. The first-order valence-electron chi connectivity index (χ1n) is 5.87. The molecule has 2 aromatic rings. The molecule has 2 rings (SSSR count). The Morgan fingerprint density at radius 2 is 1.56 bits per heavy atom. The molecule has 92 valence electrons. The highest BCUT2D eigenvalue weighted by Gasteiger charge is 2.12. The Kier molecular flexibility index (Phi) is 3.67. The Hall–Kier alpha value is -1.41. The molecule has 0 amide bonds. The molecular formula is C16H15BrO. The number of hydrogen-bond donors (Lipinski definition) is 0. The summed E-state index contributed by atoms with van der Waals surface area (Å²) in [5.41, 5.74) is 4.86. The molecule has 0 radical (unpaired) electrons. The second-order valence-corrected chi connectivity index (χ2v) is 5.50. The van der Waals surface area contributed by atoms with Gasteiger partial charge in [0.15, 0.2) is 5.78 Å². The highest BCUT2D eigenvalue weighted by Crippen LogP contribution is 2.20. The van der Waals surface area contributed by atoms with Gasteiger partial charge in [-0.3, -0.25) is 4.79 Å². The summed E-state index contributed by atoms with van der Waals surface area (Å²) in [4.78, 5) is 12.5. The van der Waals surface area contributed by atoms with Crippen molar-refractivity contribution in [2.75, 3.05) is 0 Å². The molecule has 0 aromatic heterocycles. The summed E-state index contributed by atoms with van der Waals surface area (Å²) in [5, 5.41) is 0. The van der Waals surface area contributed by atoms with E-state index < -0.39 is 0 Å². The quantitative estimate of drug-likeness (QED) is 0.741. The zero-order valence-electron chi connectivity index (χ0n) is 10.8. The molecule has 0 fully saturated rings. The van der Waals surface area contributed by atoms with Crippen molar-refractivity contribution in [1.82, 2.24) is 0 Å². The molecule has 0 unspecified atom stereocenters. The van der Waals surface area contributed by atoms with Crippen molar-refractivity contribution in [2.45, 2.75) is 20.8 Å². The molecule has 0 saturated carbocycles.